The van der Waals surface area contributed by atoms with Gasteiger partial charge in [0.1, 0.15) is 24.0 Å². The van der Waals surface area contributed by atoms with Gasteiger partial charge in [0, 0.05) is 6.20 Å². The van der Waals surface area contributed by atoms with Crippen molar-refractivity contribution in [1.82, 2.24) is 24.8 Å². The molecule has 1 aliphatic rings. The molecule has 6 heteroatoms. The van der Waals surface area contributed by atoms with E-state index >= 15 is 0 Å². The molecular weight excluding hydrogens is 216 g/mol. The number of nitrogens with two attached hydrogens (primary N) is 1. The van der Waals surface area contributed by atoms with Crippen molar-refractivity contribution in [3.05, 3.63) is 43.2 Å². The molecule has 0 atom stereocenters. The largest absolute Gasteiger partial charge is 0.382 e. The van der Waals surface area contributed by atoms with Crippen LogP contribution in [0.3, 0.4) is 0 Å². The van der Waals surface area contributed by atoms with E-state index in [1.807, 2.05) is 35.1 Å². The van der Waals surface area contributed by atoms with Gasteiger partial charge in [0.15, 0.2) is 11.5 Å². The zero-order chi connectivity index (χ0) is 11.7. The number of aromatic nitrogens is 4. The highest BCUT2D eigenvalue weighted by Crippen LogP contribution is 2.18. The molecule has 0 amide bonds. The van der Waals surface area contributed by atoms with E-state index in [1.165, 1.54) is 6.33 Å². The number of nitrogens with zero attached hydrogens (tertiary/aromatic N) is 4. The Hall–Kier alpha value is -2.63. The summed E-state index contributed by atoms with van der Waals surface area (Å²) in [5, 5.41) is 3.13. The SMILES string of the molecule is Nc1ncnc2ncn(C3=CC=CC=CN3)c12. The average Bonchev–Trinajstić information content (AvgIpc) is 2.59. The minimum absolute atomic E-state index is 0.410. The van der Waals surface area contributed by atoms with Crippen LogP contribution in [0.25, 0.3) is 17.0 Å². The molecule has 6 nitrogen and oxygen atoms in total. The van der Waals surface area contributed by atoms with E-state index in [2.05, 4.69) is 20.3 Å². The molecule has 0 aromatic carbocycles. The van der Waals surface area contributed by atoms with Gasteiger partial charge in [0.05, 0.1) is 0 Å². The molecule has 84 valence electrons. The normalized spacial score (nSPS) is 14.5. The van der Waals surface area contributed by atoms with Crippen molar-refractivity contribution in [2.75, 3.05) is 5.73 Å². The molecule has 3 heterocycles. The summed E-state index contributed by atoms with van der Waals surface area (Å²) in [6.07, 6.45) is 12.6. The summed E-state index contributed by atoms with van der Waals surface area (Å²) < 4.78 is 1.82. The molecule has 0 fully saturated rings. The first kappa shape index (κ1) is 9.59. The fourth-order valence-corrected chi connectivity index (χ4v) is 1.66. The Morgan fingerprint density at radius 3 is 3.00 bits per heavy atom. The molecule has 0 unspecified atom stereocenters. The monoisotopic (exact) mass is 226 g/mol. The standard InChI is InChI=1S/C11H10N6/c12-10-9-11(15-6-14-10)16-7-17(9)8-4-2-1-3-5-13-8/h1-7,13H,(H2,12,14,15). The number of rotatable bonds is 1. The van der Waals surface area contributed by atoms with E-state index in [0.717, 1.165) is 5.82 Å². The van der Waals surface area contributed by atoms with Crippen molar-refractivity contribution in [1.29, 1.82) is 0 Å². The van der Waals surface area contributed by atoms with E-state index in [9.17, 15) is 0 Å². The summed E-state index contributed by atoms with van der Waals surface area (Å²) in [5.41, 5.74) is 7.13. The quantitative estimate of drug-likeness (QED) is 0.754. The van der Waals surface area contributed by atoms with Gasteiger partial charge in [0.2, 0.25) is 0 Å². The predicted molar refractivity (Wildman–Crippen MR) is 65.4 cm³/mol. The first-order chi connectivity index (χ1) is 8.36. The first-order valence-corrected chi connectivity index (χ1v) is 5.10. The minimum Gasteiger partial charge on any atom is -0.382 e. The fourth-order valence-electron chi connectivity index (χ4n) is 1.66. The zero-order valence-electron chi connectivity index (χ0n) is 8.91. The Morgan fingerprint density at radius 2 is 2.06 bits per heavy atom. The van der Waals surface area contributed by atoms with E-state index in [1.54, 1.807) is 6.33 Å². The molecule has 1 aliphatic heterocycles. The van der Waals surface area contributed by atoms with Crippen LogP contribution in [0.2, 0.25) is 0 Å². The highest BCUT2D eigenvalue weighted by molar-refractivity contribution is 5.84. The fraction of sp³-hybridized carbons (Fsp3) is 0. The predicted octanol–water partition coefficient (Wildman–Crippen LogP) is 0.880. The Balaban J connectivity index is 2.21. The molecule has 0 aliphatic carbocycles. The van der Waals surface area contributed by atoms with E-state index in [0.29, 0.717) is 17.0 Å². The third-order valence-corrected chi connectivity index (χ3v) is 2.43. The highest BCUT2D eigenvalue weighted by atomic mass is 15.2. The second-order valence-corrected chi connectivity index (χ2v) is 3.49. The van der Waals surface area contributed by atoms with Gasteiger partial charge in [-0.1, -0.05) is 12.2 Å². The zero-order valence-corrected chi connectivity index (χ0v) is 8.91. The lowest BCUT2D eigenvalue weighted by Gasteiger charge is -2.08. The smallest absolute Gasteiger partial charge is 0.183 e. The van der Waals surface area contributed by atoms with Crippen LogP contribution < -0.4 is 11.1 Å². The third-order valence-electron chi connectivity index (χ3n) is 2.43. The molecule has 17 heavy (non-hydrogen) atoms. The van der Waals surface area contributed by atoms with Crippen LogP contribution in [-0.2, 0) is 0 Å². The average molecular weight is 226 g/mol. The van der Waals surface area contributed by atoms with Gasteiger partial charge >= 0.3 is 0 Å². The van der Waals surface area contributed by atoms with Crippen LogP contribution >= 0.6 is 0 Å². The van der Waals surface area contributed by atoms with Gasteiger partial charge in [-0.25, -0.2) is 15.0 Å². The summed E-state index contributed by atoms with van der Waals surface area (Å²) in [7, 11) is 0. The van der Waals surface area contributed by atoms with Crippen molar-refractivity contribution in [2.24, 2.45) is 0 Å². The van der Waals surface area contributed by atoms with Gasteiger partial charge in [-0.05, 0) is 12.2 Å². The maximum atomic E-state index is 5.84. The van der Waals surface area contributed by atoms with Crippen LogP contribution in [0.4, 0.5) is 5.82 Å². The van der Waals surface area contributed by atoms with E-state index < -0.39 is 0 Å². The van der Waals surface area contributed by atoms with Gasteiger partial charge in [-0.3, -0.25) is 4.57 Å². The number of imidazole rings is 1. The summed E-state index contributed by atoms with van der Waals surface area (Å²) >= 11 is 0. The van der Waals surface area contributed by atoms with Crippen LogP contribution in [0.5, 0.6) is 0 Å². The second-order valence-electron chi connectivity index (χ2n) is 3.49. The molecule has 0 radical (unpaired) electrons. The van der Waals surface area contributed by atoms with Gasteiger partial charge in [-0.2, -0.15) is 0 Å². The van der Waals surface area contributed by atoms with Crippen LogP contribution in [0.1, 0.15) is 0 Å². The molecule has 3 rings (SSSR count). The molecule has 2 aromatic heterocycles. The Bertz CT molecular complexity index is 649. The van der Waals surface area contributed by atoms with E-state index in [-0.39, 0.29) is 0 Å². The number of allylic oxidation sites excluding steroid dienone is 4. The number of nitrogen functional groups attached to an aromatic ring is 1. The Labute approximate surface area is 97.2 Å². The number of nitrogens with one attached hydrogen (secondary N) is 1. The minimum atomic E-state index is 0.410. The maximum absolute atomic E-state index is 5.84. The molecule has 0 bridgehead atoms. The highest BCUT2D eigenvalue weighted by Gasteiger charge is 2.10. The molecule has 0 saturated carbocycles. The molecule has 2 aromatic rings. The van der Waals surface area contributed by atoms with Gasteiger partial charge in [0.25, 0.3) is 0 Å². The summed E-state index contributed by atoms with van der Waals surface area (Å²) in [4.78, 5) is 12.2. The Kier molecular flexibility index (Phi) is 2.11. The van der Waals surface area contributed by atoms with Crippen molar-refractivity contribution in [3.8, 4) is 0 Å². The van der Waals surface area contributed by atoms with Crippen LogP contribution in [0.15, 0.2) is 43.2 Å². The number of fused-ring (bicyclic) bond motifs is 1. The number of anilines is 1. The molecule has 0 spiro atoms. The Morgan fingerprint density at radius 1 is 1.12 bits per heavy atom. The maximum Gasteiger partial charge on any atom is 0.183 e. The van der Waals surface area contributed by atoms with E-state index in [4.69, 9.17) is 5.73 Å². The van der Waals surface area contributed by atoms with Crippen LogP contribution in [0, 0.1) is 0 Å². The van der Waals surface area contributed by atoms with Gasteiger partial charge in [-0.15, -0.1) is 0 Å². The van der Waals surface area contributed by atoms with Crippen LogP contribution in [-0.4, -0.2) is 19.5 Å². The lowest BCUT2D eigenvalue weighted by Crippen LogP contribution is -2.10. The molecule has 3 N–H and O–H groups in total. The summed E-state index contributed by atoms with van der Waals surface area (Å²) in [5.74, 6) is 1.26. The third kappa shape index (κ3) is 1.55. The molecular formula is C11H10N6. The summed E-state index contributed by atoms with van der Waals surface area (Å²) in [6.45, 7) is 0. The van der Waals surface area contributed by atoms with Crippen molar-refractivity contribution < 1.29 is 0 Å². The number of hydrogen-bond donors (Lipinski definition) is 2. The van der Waals surface area contributed by atoms with Crippen molar-refractivity contribution in [2.45, 2.75) is 0 Å². The van der Waals surface area contributed by atoms with Gasteiger partial charge < -0.3 is 11.1 Å². The van der Waals surface area contributed by atoms with Crippen molar-refractivity contribution >= 4 is 22.8 Å². The second kappa shape index (κ2) is 3.75. The first-order valence-electron chi connectivity index (χ1n) is 5.10. The lowest BCUT2D eigenvalue weighted by molar-refractivity contribution is 1.01. The van der Waals surface area contributed by atoms with Crippen molar-refractivity contribution in [3.63, 3.8) is 0 Å². The molecule has 0 saturated heterocycles. The lowest BCUT2D eigenvalue weighted by atomic mass is 10.4. The summed E-state index contributed by atoms with van der Waals surface area (Å²) in [6, 6.07) is 0. The topological polar surface area (TPSA) is 81.7 Å². The number of hydrogen-bond acceptors (Lipinski definition) is 5.